The average molecular weight is 247 g/mol. The molecule has 1 unspecified atom stereocenters. The maximum absolute atomic E-state index is 11.7. The summed E-state index contributed by atoms with van der Waals surface area (Å²) in [6.07, 6.45) is 3.64. The first-order valence-electron chi connectivity index (χ1n) is 6.68. The Balaban J connectivity index is 2.42. The van der Waals surface area contributed by atoms with Crippen molar-refractivity contribution in [3.63, 3.8) is 0 Å². The number of aryl methyl sites for hydroxylation is 1. The molecular formula is C15H21NO2. The van der Waals surface area contributed by atoms with Gasteiger partial charge >= 0.3 is 5.97 Å². The van der Waals surface area contributed by atoms with E-state index in [1.165, 1.54) is 5.56 Å². The number of benzene rings is 1. The van der Waals surface area contributed by atoms with Gasteiger partial charge in [0.1, 0.15) is 5.54 Å². The van der Waals surface area contributed by atoms with Crippen LogP contribution in [0.15, 0.2) is 24.3 Å². The summed E-state index contributed by atoms with van der Waals surface area (Å²) in [6.45, 7) is 4.72. The fraction of sp³-hybridized carbons (Fsp3) is 0.533. The molecule has 1 atom stereocenters. The number of hydrogen-bond donors (Lipinski definition) is 1. The largest absolute Gasteiger partial charge is 0.480 e. The standard InChI is InChI=1S/C15H21NO2/c1-3-10-15(2,14(17)18)16-11-6-8-12-7-4-5-9-13(12)16/h4-5,7,9H,3,6,8,10-11H2,1-2H3,(H,17,18). The number of hydrogen-bond acceptors (Lipinski definition) is 2. The summed E-state index contributed by atoms with van der Waals surface area (Å²) in [4.78, 5) is 13.8. The number of anilines is 1. The molecule has 0 saturated heterocycles. The summed E-state index contributed by atoms with van der Waals surface area (Å²) in [7, 11) is 0. The minimum atomic E-state index is -0.786. The van der Waals surface area contributed by atoms with Gasteiger partial charge in [0, 0.05) is 12.2 Å². The molecule has 98 valence electrons. The Morgan fingerprint density at radius 1 is 1.44 bits per heavy atom. The first kappa shape index (κ1) is 12.9. The van der Waals surface area contributed by atoms with Crippen LogP contribution >= 0.6 is 0 Å². The summed E-state index contributed by atoms with van der Waals surface area (Å²) in [5, 5.41) is 9.60. The molecule has 1 aliphatic rings. The third-order valence-corrected chi connectivity index (χ3v) is 3.90. The van der Waals surface area contributed by atoms with Crippen molar-refractivity contribution in [3.8, 4) is 0 Å². The quantitative estimate of drug-likeness (QED) is 0.889. The van der Waals surface area contributed by atoms with Gasteiger partial charge in [0.15, 0.2) is 0 Å². The second-order valence-corrected chi connectivity index (χ2v) is 5.21. The summed E-state index contributed by atoms with van der Waals surface area (Å²) in [5.41, 5.74) is 1.58. The molecule has 0 saturated carbocycles. The van der Waals surface area contributed by atoms with Crippen molar-refractivity contribution in [2.45, 2.75) is 45.1 Å². The molecule has 1 N–H and O–H groups in total. The van der Waals surface area contributed by atoms with E-state index in [0.29, 0.717) is 6.42 Å². The van der Waals surface area contributed by atoms with E-state index in [4.69, 9.17) is 0 Å². The number of aliphatic carboxylic acids is 1. The predicted molar refractivity (Wildman–Crippen MR) is 73.1 cm³/mol. The third-order valence-electron chi connectivity index (χ3n) is 3.90. The Morgan fingerprint density at radius 3 is 2.83 bits per heavy atom. The van der Waals surface area contributed by atoms with Crippen LogP contribution in [0.3, 0.4) is 0 Å². The monoisotopic (exact) mass is 247 g/mol. The van der Waals surface area contributed by atoms with Gasteiger partial charge in [0.2, 0.25) is 0 Å². The second kappa shape index (κ2) is 5.01. The molecular weight excluding hydrogens is 226 g/mol. The van der Waals surface area contributed by atoms with Gasteiger partial charge < -0.3 is 10.0 Å². The maximum Gasteiger partial charge on any atom is 0.329 e. The molecule has 3 nitrogen and oxygen atoms in total. The highest BCUT2D eigenvalue weighted by molar-refractivity contribution is 5.83. The van der Waals surface area contributed by atoms with Crippen LogP contribution < -0.4 is 4.90 Å². The van der Waals surface area contributed by atoms with Crippen molar-refractivity contribution < 1.29 is 9.90 Å². The number of fused-ring (bicyclic) bond motifs is 1. The summed E-state index contributed by atoms with van der Waals surface area (Å²) in [6, 6.07) is 8.17. The lowest BCUT2D eigenvalue weighted by Gasteiger charge is -2.43. The molecule has 2 rings (SSSR count). The number of carboxylic acid groups (broad SMARTS) is 1. The number of para-hydroxylation sites is 1. The van der Waals surface area contributed by atoms with E-state index in [2.05, 4.69) is 11.0 Å². The number of carboxylic acids is 1. The second-order valence-electron chi connectivity index (χ2n) is 5.21. The Morgan fingerprint density at radius 2 is 2.17 bits per heavy atom. The summed E-state index contributed by atoms with van der Waals surface area (Å²) in [5.74, 6) is -0.721. The lowest BCUT2D eigenvalue weighted by Crippen LogP contribution is -2.54. The molecule has 0 bridgehead atoms. The summed E-state index contributed by atoms with van der Waals surface area (Å²) >= 11 is 0. The van der Waals surface area contributed by atoms with Crippen LogP contribution in [0.5, 0.6) is 0 Å². The number of rotatable bonds is 4. The Hall–Kier alpha value is -1.51. The molecule has 18 heavy (non-hydrogen) atoms. The molecule has 0 fully saturated rings. The van der Waals surface area contributed by atoms with E-state index in [-0.39, 0.29) is 0 Å². The molecule has 1 aromatic rings. The molecule has 0 radical (unpaired) electrons. The van der Waals surface area contributed by atoms with E-state index in [0.717, 1.165) is 31.5 Å². The van der Waals surface area contributed by atoms with Gasteiger partial charge in [-0.1, -0.05) is 31.5 Å². The molecule has 1 aliphatic heterocycles. The van der Waals surface area contributed by atoms with Crippen LogP contribution in [0.2, 0.25) is 0 Å². The lowest BCUT2D eigenvalue weighted by molar-refractivity contribution is -0.143. The average Bonchev–Trinajstić information content (AvgIpc) is 2.38. The van der Waals surface area contributed by atoms with Gasteiger partial charge in [-0.2, -0.15) is 0 Å². The molecule has 1 heterocycles. The zero-order valence-corrected chi connectivity index (χ0v) is 11.1. The first-order valence-corrected chi connectivity index (χ1v) is 6.68. The Bertz CT molecular complexity index is 444. The van der Waals surface area contributed by atoms with Gasteiger partial charge in [-0.25, -0.2) is 4.79 Å². The number of carbonyl (C=O) groups is 1. The van der Waals surface area contributed by atoms with E-state index < -0.39 is 11.5 Å². The smallest absolute Gasteiger partial charge is 0.329 e. The van der Waals surface area contributed by atoms with Crippen LogP contribution in [0.1, 0.15) is 38.7 Å². The van der Waals surface area contributed by atoms with Crippen molar-refractivity contribution in [3.05, 3.63) is 29.8 Å². The molecule has 1 aromatic carbocycles. The normalized spacial score (nSPS) is 18.0. The fourth-order valence-electron chi connectivity index (χ4n) is 2.89. The van der Waals surface area contributed by atoms with Crippen molar-refractivity contribution in [2.24, 2.45) is 0 Å². The van der Waals surface area contributed by atoms with Gasteiger partial charge in [-0.3, -0.25) is 0 Å². The van der Waals surface area contributed by atoms with Crippen molar-refractivity contribution in [1.82, 2.24) is 0 Å². The Labute approximate surface area is 108 Å². The van der Waals surface area contributed by atoms with Crippen LogP contribution in [0, 0.1) is 0 Å². The van der Waals surface area contributed by atoms with E-state index in [1.807, 2.05) is 32.0 Å². The van der Waals surface area contributed by atoms with Gasteiger partial charge in [0.05, 0.1) is 0 Å². The predicted octanol–water partition coefficient (Wildman–Crippen LogP) is 3.08. The maximum atomic E-state index is 11.7. The molecule has 3 heteroatoms. The Kier molecular flexibility index (Phi) is 3.60. The van der Waals surface area contributed by atoms with Crippen molar-refractivity contribution >= 4 is 11.7 Å². The minimum Gasteiger partial charge on any atom is -0.480 e. The topological polar surface area (TPSA) is 40.5 Å². The lowest BCUT2D eigenvalue weighted by atomic mass is 9.89. The van der Waals surface area contributed by atoms with E-state index >= 15 is 0 Å². The highest BCUT2D eigenvalue weighted by Gasteiger charge is 2.40. The van der Waals surface area contributed by atoms with Gasteiger partial charge in [-0.15, -0.1) is 0 Å². The van der Waals surface area contributed by atoms with Crippen LogP contribution in [-0.4, -0.2) is 23.2 Å². The van der Waals surface area contributed by atoms with Crippen molar-refractivity contribution in [1.29, 1.82) is 0 Å². The summed E-state index contributed by atoms with van der Waals surface area (Å²) < 4.78 is 0. The molecule has 0 amide bonds. The third kappa shape index (κ3) is 2.09. The van der Waals surface area contributed by atoms with E-state index in [9.17, 15) is 9.90 Å². The fourth-order valence-corrected chi connectivity index (χ4v) is 2.89. The first-order chi connectivity index (χ1) is 8.59. The molecule has 0 spiro atoms. The van der Waals surface area contributed by atoms with Gasteiger partial charge in [0.25, 0.3) is 0 Å². The molecule has 0 aromatic heterocycles. The van der Waals surface area contributed by atoms with Crippen LogP contribution in [0.25, 0.3) is 0 Å². The van der Waals surface area contributed by atoms with Crippen LogP contribution in [0.4, 0.5) is 5.69 Å². The van der Waals surface area contributed by atoms with E-state index in [1.54, 1.807) is 0 Å². The van der Waals surface area contributed by atoms with Gasteiger partial charge in [-0.05, 0) is 37.8 Å². The SMILES string of the molecule is CCCC(C)(C(=O)O)N1CCCc2ccccc21. The zero-order valence-electron chi connectivity index (χ0n) is 11.1. The molecule has 0 aliphatic carbocycles. The minimum absolute atomic E-state index is 0.677. The van der Waals surface area contributed by atoms with Crippen LogP contribution in [-0.2, 0) is 11.2 Å². The highest BCUT2D eigenvalue weighted by atomic mass is 16.4. The zero-order chi connectivity index (χ0) is 13.2. The van der Waals surface area contributed by atoms with Crippen molar-refractivity contribution in [2.75, 3.05) is 11.4 Å². The number of nitrogens with zero attached hydrogens (tertiary/aromatic N) is 1. The highest BCUT2D eigenvalue weighted by Crippen LogP contribution is 2.34.